The molecule has 0 fully saturated rings. The fourth-order valence-electron chi connectivity index (χ4n) is 1.42. The van der Waals surface area contributed by atoms with Gasteiger partial charge in [0.1, 0.15) is 6.04 Å². The van der Waals surface area contributed by atoms with Gasteiger partial charge in [0.2, 0.25) is 5.91 Å². The topological polar surface area (TPSA) is 58.2 Å². The van der Waals surface area contributed by atoms with E-state index in [1.165, 1.54) is 0 Å². The van der Waals surface area contributed by atoms with E-state index in [4.69, 9.17) is 0 Å². The number of benzene rings is 1. The molecule has 98 valence electrons. The molecule has 1 atom stereocenters. The summed E-state index contributed by atoms with van der Waals surface area (Å²) < 4.78 is 0. The van der Waals surface area contributed by atoms with Crippen LogP contribution in [0.1, 0.15) is 24.2 Å². The van der Waals surface area contributed by atoms with Gasteiger partial charge in [-0.05, 0) is 44.4 Å². The van der Waals surface area contributed by atoms with Crippen LogP contribution in [0.4, 0.5) is 0 Å². The number of carbonyl (C=O) groups excluding carboxylic acids is 2. The van der Waals surface area contributed by atoms with Crippen molar-refractivity contribution in [2.24, 2.45) is 0 Å². The van der Waals surface area contributed by atoms with Gasteiger partial charge in [0.15, 0.2) is 0 Å². The van der Waals surface area contributed by atoms with Crippen molar-refractivity contribution in [1.82, 2.24) is 10.6 Å². The number of likely N-dealkylation sites (N-methyl/N-ethyl adjacent to an activating group) is 1. The van der Waals surface area contributed by atoms with Crippen LogP contribution in [0, 0.1) is 0 Å². The van der Waals surface area contributed by atoms with E-state index in [0.29, 0.717) is 12.1 Å². The molecule has 2 amide bonds. The van der Waals surface area contributed by atoms with E-state index in [0.717, 1.165) is 4.90 Å². The van der Waals surface area contributed by atoms with Crippen molar-refractivity contribution in [1.29, 1.82) is 0 Å². The van der Waals surface area contributed by atoms with E-state index in [2.05, 4.69) is 10.6 Å². The molecular formula is C13H18N2O2S. The Labute approximate surface area is 112 Å². The molecule has 1 aromatic carbocycles. The first-order chi connectivity index (χ1) is 8.58. The highest BCUT2D eigenvalue weighted by atomic mass is 32.2. The van der Waals surface area contributed by atoms with Crippen LogP contribution in [0.2, 0.25) is 0 Å². The number of carbonyl (C=O) groups is 2. The standard InChI is InChI=1S/C13H18N2O2S/c1-4-14-12(16)9(2)15-13(17)10-5-7-11(18-3)8-6-10/h5-9H,4H2,1-3H3,(H,14,16)(H,15,17)/t9-/m1/s1. The number of rotatable bonds is 5. The highest BCUT2D eigenvalue weighted by Gasteiger charge is 2.15. The highest BCUT2D eigenvalue weighted by molar-refractivity contribution is 7.98. The molecule has 4 nitrogen and oxygen atoms in total. The van der Waals surface area contributed by atoms with Gasteiger partial charge < -0.3 is 10.6 Å². The van der Waals surface area contributed by atoms with Crippen molar-refractivity contribution in [2.45, 2.75) is 24.8 Å². The van der Waals surface area contributed by atoms with Crippen LogP contribution in [0.5, 0.6) is 0 Å². The molecule has 0 heterocycles. The Morgan fingerprint density at radius 3 is 2.39 bits per heavy atom. The molecule has 0 bridgehead atoms. The molecule has 0 aliphatic rings. The molecule has 0 saturated heterocycles. The zero-order valence-electron chi connectivity index (χ0n) is 10.8. The Morgan fingerprint density at radius 2 is 1.89 bits per heavy atom. The Balaban J connectivity index is 2.61. The highest BCUT2D eigenvalue weighted by Crippen LogP contribution is 2.14. The summed E-state index contributed by atoms with van der Waals surface area (Å²) in [5.74, 6) is -0.409. The van der Waals surface area contributed by atoms with Gasteiger partial charge in [-0.1, -0.05) is 0 Å². The van der Waals surface area contributed by atoms with Gasteiger partial charge >= 0.3 is 0 Å². The lowest BCUT2D eigenvalue weighted by molar-refractivity contribution is -0.122. The first-order valence-corrected chi connectivity index (χ1v) is 7.03. The summed E-state index contributed by atoms with van der Waals surface area (Å²) in [6, 6.07) is 6.75. The number of hydrogen-bond acceptors (Lipinski definition) is 3. The van der Waals surface area contributed by atoms with Gasteiger partial charge in [0, 0.05) is 17.0 Å². The average molecular weight is 266 g/mol. The molecule has 1 rings (SSSR count). The number of nitrogens with one attached hydrogen (secondary N) is 2. The van der Waals surface area contributed by atoms with Gasteiger partial charge in [-0.3, -0.25) is 9.59 Å². The lowest BCUT2D eigenvalue weighted by atomic mass is 10.2. The minimum atomic E-state index is -0.530. The van der Waals surface area contributed by atoms with Crippen LogP contribution in [-0.4, -0.2) is 30.7 Å². The summed E-state index contributed by atoms with van der Waals surface area (Å²) in [5.41, 5.74) is 0.559. The third-order valence-electron chi connectivity index (χ3n) is 2.44. The SMILES string of the molecule is CCNC(=O)[C@@H](C)NC(=O)c1ccc(SC)cc1. The van der Waals surface area contributed by atoms with E-state index in [1.54, 1.807) is 30.8 Å². The molecule has 0 aromatic heterocycles. The van der Waals surface area contributed by atoms with E-state index < -0.39 is 6.04 Å². The third kappa shape index (κ3) is 4.07. The van der Waals surface area contributed by atoms with E-state index in [9.17, 15) is 9.59 Å². The smallest absolute Gasteiger partial charge is 0.251 e. The zero-order valence-corrected chi connectivity index (χ0v) is 11.6. The monoisotopic (exact) mass is 266 g/mol. The molecule has 5 heteroatoms. The average Bonchev–Trinajstić information content (AvgIpc) is 2.39. The Bertz CT molecular complexity index is 418. The Kier molecular flexibility index (Phi) is 5.71. The molecule has 0 aliphatic carbocycles. The molecule has 0 radical (unpaired) electrons. The largest absolute Gasteiger partial charge is 0.355 e. The van der Waals surface area contributed by atoms with Crippen molar-refractivity contribution in [3.63, 3.8) is 0 Å². The Morgan fingerprint density at radius 1 is 1.28 bits per heavy atom. The minimum Gasteiger partial charge on any atom is -0.355 e. The summed E-state index contributed by atoms with van der Waals surface area (Å²) >= 11 is 1.62. The van der Waals surface area contributed by atoms with E-state index in [-0.39, 0.29) is 11.8 Å². The fraction of sp³-hybridized carbons (Fsp3) is 0.385. The lowest BCUT2D eigenvalue weighted by Crippen LogP contribution is -2.44. The second-order valence-corrected chi connectivity index (χ2v) is 4.70. The molecule has 0 unspecified atom stereocenters. The third-order valence-corrected chi connectivity index (χ3v) is 3.19. The molecule has 1 aromatic rings. The van der Waals surface area contributed by atoms with Crippen LogP contribution in [0.25, 0.3) is 0 Å². The molecule has 18 heavy (non-hydrogen) atoms. The van der Waals surface area contributed by atoms with Crippen LogP contribution in [0.3, 0.4) is 0 Å². The number of thioether (sulfide) groups is 1. The number of amides is 2. The maximum atomic E-state index is 11.9. The molecule has 0 spiro atoms. The van der Waals surface area contributed by atoms with Gasteiger partial charge in [-0.15, -0.1) is 11.8 Å². The predicted octanol–water partition coefficient (Wildman–Crippen LogP) is 1.66. The van der Waals surface area contributed by atoms with Crippen molar-refractivity contribution in [2.75, 3.05) is 12.8 Å². The second kappa shape index (κ2) is 7.06. The van der Waals surface area contributed by atoms with Crippen LogP contribution >= 0.6 is 11.8 Å². The van der Waals surface area contributed by atoms with Gasteiger partial charge in [-0.25, -0.2) is 0 Å². The molecule has 2 N–H and O–H groups in total. The predicted molar refractivity (Wildman–Crippen MR) is 73.8 cm³/mol. The van der Waals surface area contributed by atoms with Crippen LogP contribution < -0.4 is 10.6 Å². The summed E-state index contributed by atoms with van der Waals surface area (Å²) in [6.45, 7) is 4.06. The summed E-state index contributed by atoms with van der Waals surface area (Å²) in [7, 11) is 0. The second-order valence-electron chi connectivity index (χ2n) is 3.82. The fourth-order valence-corrected chi connectivity index (χ4v) is 1.82. The molecule has 0 aliphatic heterocycles. The Hall–Kier alpha value is -1.49. The lowest BCUT2D eigenvalue weighted by Gasteiger charge is -2.13. The molecule has 0 saturated carbocycles. The minimum absolute atomic E-state index is 0.174. The van der Waals surface area contributed by atoms with Gasteiger partial charge in [0.05, 0.1) is 0 Å². The van der Waals surface area contributed by atoms with Crippen LogP contribution in [0.15, 0.2) is 29.2 Å². The summed E-state index contributed by atoms with van der Waals surface area (Å²) in [5, 5.41) is 5.32. The van der Waals surface area contributed by atoms with Crippen molar-refractivity contribution < 1.29 is 9.59 Å². The maximum absolute atomic E-state index is 11.9. The first kappa shape index (κ1) is 14.6. The maximum Gasteiger partial charge on any atom is 0.251 e. The number of hydrogen-bond donors (Lipinski definition) is 2. The van der Waals surface area contributed by atoms with Crippen molar-refractivity contribution >= 4 is 23.6 Å². The zero-order chi connectivity index (χ0) is 13.5. The van der Waals surface area contributed by atoms with Gasteiger partial charge in [0.25, 0.3) is 5.91 Å². The van der Waals surface area contributed by atoms with Crippen molar-refractivity contribution in [3.8, 4) is 0 Å². The van der Waals surface area contributed by atoms with E-state index in [1.807, 2.05) is 25.3 Å². The molecular weight excluding hydrogens is 248 g/mol. The van der Waals surface area contributed by atoms with E-state index >= 15 is 0 Å². The van der Waals surface area contributed by atoms with Gasteiger partial charge in [-0.2, -0.15) is 0 Å². The summed E-state index contributed by atoms with van der Waals surface area (Å²) in [4.78, 5) is 24.4. The quantitative estimate of drug-likeness (QED) is 0.797. The normalized spacial score (nSPS) is 11.7. The van der Waals surface area contributed by atoms with Crippen molar-refractivity contribution in [3.05, 3.63) is 29.8 Å². The van der Waals surface area contributed by atoms with Crippen LogP contribution in [-0.2, 0) is 4.79 Å². The summed E-state index contributed by atoms with van der Waals surface area (Å²) in [6.07, 6.45) is 1.98. The first-order valence-electron chi connectivity index (χ1n) is 5.81.